The fraction of sp³-hybridized carbons (Fsp3) is 0.118. The second-order valence-electron chi connectivity index (χ2n) is 3.98. The topological polar surface area (TPSA) is 26.3 Å². The lowest BCUT2D eigenvalue weighted by Crippen LogP contribution is -1.98. The van der Waals surface area contributed by atoms with Gasteiger partial charge in [-0.25, -0.2) is 4.79 Å². The molecule has 0 aromatic heterocycles. The zero-order valence-electron chi connectivity index (χ0n) is 10.7. The lowest BCUT2D eigenvalue weighted by atomic mass is 9.99. The van der Waals surface area contributed by atoms with Crippen LogP contribution in [0.15, 0.2) is 42.5 Å². The van der Waals surface area contributed by atoms with Crippen molar-refractivity contribution in [1.29, 1.82) is 0 Å². The van der Waals surface area contributed by atoms with Crippen LogP contribution in [0.25, 0.3) is 16.8 Å². The number of fused-ring (bicyclic) bond motifs is 1. The van der Waals surface area contributed by atoms with Crippen LogP contribution in [0.4, 0.5) is 0 Å². The lowest BCUT2D eigenvalue weighted by molar-refractivity contribution is -0.137. The minimum Gasteiger partial charge on any atom is -0.463 e. The second kappa shape index (κ2) is 5.88. The molecule has 2 aromatic rings. The average Bonchev–Trinajstić information content (AvgIpc) is 2.44. The molecule has 0 atom stereocenters. The molecular formula is C17H14O2. The zero-order valence-corrected chi connectivity index (χ0v) is 10.7. The molecular weight excluding hydrogens is 236 g/mol. The maximum absolute atomic E-state index is 11.3. The van der Waals surface area contributed by atoms with E-state index in [4.69, 9.17) is 11.2 Å². The van der Waals surface area contributed by atoms with Crippen molar-refractivity contribution in [3.8, 4) is 12.3 Å². The molecule has 0 saturated carbocycles. The van der Waals surface area contributed by atoms with E-state index in [0.29, 0.717) is 6.61 Å². The summed E-state index contributed by atoms with van der Waals surface area (Å²) in [5, 5.41) is 2.10. The molecule has 0 heterocycles. The number of ether oxygens (including phenoxy) is 1. The molecule has 0 spiro atoms. The van der Waals surface area contributed by atoms with E-state index in [1.54, 1.807) is 13.0 Å². The molecule has 19 heavy (non-hydrogen) atoms. The van der Waals surface area contributed by atoms with Gasteiger partial charge in [-0.3, -0.25) is 0 Å². The average molecular weight is 250 g/mol. The van der Waals surface area contributed by atoms with E-state index < -0.39 is 0 Å². The first kappa shape index (κ1) is 12.9. The molecule has 0 aliphatic carbocycles. The van der Waals surface area contributed by atoms with Crippen molar-refractivity contribution in [3.63, 3.8) is 0 Å². The van der Waals surface area contributed by atoms with E-state index in [1.807, 2.05) is 36.4 Å². The van der Waals surface area contributed by atoms with Crippen LogP contribution >= 0.6 is 0 Å². The summed E-state index contributed by atoms with van der Waals surface area (Å²) in [5.41, 5.74) is 1.63. The molecule has 0 fully saturated rings. The molecule has 0 amide bonds. The first-order valence-electron chi connectivity index (χ1n) is 6.09. The number of carbonyl (C=O) groups excluding carboxylic acids is 1. The van der Waals surface area contributed by atoms with E-state index >= 15 is 0 Å². The standard InChI is InChI=1S/C17H14O2/c1-3-15-14(11-12-17(18)19-4-2)10-9-13-7-5-6-8-16(13)15/h1,5-12H,4H2,2H3/b12-11+. The van der Waals surface area contributed by atoms with Gasteiger partial charge in [0.2, 0.25) is 0 Å². The second-order valence-corrected chi connectivity index (χ2v) is 3.98. The fourth-order valence-electron chi connectivity index (χ4n) is 1.94. The van der Waals surface area contributed by atoms with Crippen LogP contribution in [0.3, 0.4) is 0 Å². The molecule has 0 unspecified atom stereocenters. The van der Waals surface area contributed by atoms with Crippen LogP contribution in [-0.4, -0.2) is 12.6 Å². The largest absolute Gasteiger partial charge is 0.463 e. The van der Waals surface area contributed by atoms with Gasteiger partial charge in [0.1, 0.15) is 0 Å². The lowest BCUT2D eigenvalue weighted by Gasteiger charge is -2.05. The SMILES string of the molecule is C#Cc1c(/C=C/C(=O)OCC)ccc2ccccc12. The van der Waals surface area contributed by atoms with E-state index in [0.717, 1.165) is 21.9 Å². The highest BCUT2D eigenvalue weighted by Gasteiger charge is 2.03. The normalized spacial score (nSPS) is 10.5. The van der Waals surface area contributed by atoms with Crippen LogP contribution in [0.5, 0.6) is 0 Å². The summed E-state index contributed by atoms with van der Waals surface area (Å²) in [7, 11) is 0. The van der Waals surface area contributed by atoms with Gasteiger partial charge in [0.05, 0.1) is 6.61 Å². The van der Waals surface area contributed by atoms with Gasteiger partial charge in [0.15, 0.2) is 0 Å². The van der Waals surface area contributed by atoms with Gasteiger partial charge in [0.25, 0.3) is 0 Å². The molecule has 0 aliphatic rings. The molecule has 2 aromatic carbocycles. The zero-order chi connectivity index (χ0) is 13.7. The van der Waals surface area contributed by atoms with Crippen molar-refractivity contribution < 1.29 is 9.53 Å². The molecule has 0 N–H and O–H groups in total. The van der Waals surface area contributed by atoms with Crippen molar-refractivity contribution in [3.05, 3.63) is 53.6 Å². The highest BCUT2D eigenvalue weighted by molar-refractivity contribution is 5.94. The Hall–Kier alpha value is -2.53. The summed E-state index contributed by atoms with van der Waals surface area (Å²) in [6.45, 7) is 2.14. The van der Waals surface area contributed by atoms with Crippen LogP contribution in [-0.2, 0) is 9.53 Å². The Morgan fingerprint density at radius 1 is 1.32 bits per heavy atom. The van der Waals surface area contributed by atoms with Crippen molar-refractivity contribution in [2.45, 2.75) is 6.92 Å². The third-order valence-corrected chi connectivity index (χ3v) is 2.79. The van der Waals surface area contributed by atoms with E-state index in [1.165, 1.54) is 6.08 Å². The predicted molar refractivity (Wildman–Crippen MR) is 77.6 cm³/mol. The number of hydrogen-bond acceptors (Lipinski definition) is 2. The number of benzene rings is 2. The number of terminal acetylenes is 1. The quantitative estimate of drug-likeness (QED) is 0.474. The summed E-state index contributed by atoms with van der Waals surface area (Å²) in [6, 6.07) is 11.8. The summed E-state index contributed by atoms with van der Waals surface area (Å²) < 4.78 is 4.85. The van der Waals surface area contributed by atoms with Crippen molar-refractivity contribution in [2.24, 2.45) is 0 Å². The molecule has 2 nitrogen and oxygen atoms in total. The Kier molecular flexibility index (Phi) is 4.00. The number of carbonyl (C=O) groups is 1. The fourth-order valence-corrected chi connectivity index (χ4v) is 1.94. The first-order chi connectivity index (χ1) is 9.26. The minimum absolute atomic E-state index is 0.362. The Morgan fingerprint density at radius 2 is 2.11 bits per heavy atom. The van der Waals surface area contributed by atoms with Gasteiger partial charge in [-0.1, -0.05) is 42.3 Å². The molecule has 2 heteroatoms. The first-order valence-corrected chi connectivity index (χ1v) is 6.09. The molecule has 0 bridgehead atoms. The summed E-state index contributed by atoms with van der Waals surface area (Å²) >= 11 is 0. The minimum atomic E-state index is -0.362. The van der Waals surface area contributed by atoms with E-state index in [9.17, 15) is 4.79 Å². The third-order valence-electron chi connectivity index (χ3n) is 2.79. The highest BCUT2D eigenvalue weighted by atomic mass is 16.5. The highest BCUT2D eigenvalue weighted by Crippen LogP contribution is 2.22. The molecule has 0 saturated heterocycles. The number of rotatable bonds is 3. The predicted octanol–water partition coefficient (Wildman–Crippen LogP) is 3.40. The van der Waals surface area contributed by atoms with E-state index in [-0.39, 0.29) is 5.97 Å². The van der Waals surface area contributed by atoms with E-state index in [2.05, 4.69) is 5.92 Å². The van der Waals surface area contributed by atoms with Crippen LogP contribution in [0.2, 0.25) is 0 Å². The number of esters is 1. The summed E-state index contributed by atoms with van der Waals surface area (Å²) in [5.74, 6) is 2.33. The van der Waals surface area contributed by atoms with Gasteiger partial charge in [-0.2, -0.15) is 0 Å². The number of hydrogen-bond donors (Lipinski definition) is 0. The Morgan fingerprint density at radius 3 is 2.84 bits per heavy atom. The van der Waals surface area contributed by atoms with Crippen LogP contribution in [0.1, 0.15) is 18.1 Å². The maximum atomic E-state index is 11.3. The summed E-state index contributed by atoms with van der Waals surface area (Å²) in [4.78, 5) is 11.3. The molecule has 0 aliphatic heterocycles. The smallest absolute Gasteiger partial charge is 0.330 e. The third kappa shape index (κ3) is 2.83. The van der Waals surface area contributed by atoms with Gasteiger partial charge >= 0.3 is 5.97 Å². The van der Waals surface area contributed by atoms with Crippen molar-refractivity contribution >= 4 is 22.8 Å². The molecule has 0 radical (unpaired) electrons. The molecule has 94 valence electrons. The Bertz CT molecular complexity index is 675. The van der Waals surface area contributed by atoms with Crippen molar-refractivity contribution in [1.82, 2.24) is 0 Å². The molecule has 2 rings (SSSR count). The Labute approximate surface area is 112 Å². The van der Waals surface area contributed by atoms with Gasteiger partial charge in [0, 0.05) is 11.6 Å². The van der Waals surface area contributed by atoms with Gasteiger partial charge < -0.3 is 4.74 Å². The van der Waals surface area contributed by atoms with Crippen LogP contribution in [0, 0.1) is 12.3 Å². The monoisotopic (exact) mass is 250 g/mol. The summed E-state index contributed by atoms with van der Waals surface area (Å²) in [6.07, 6.45) is 8.67. The Balaban J connectivity index is 2.45. The maximum Gasteiger partial charge on any atom is 0.330 e. The van der Waals surface area contributed by atoms with Crippen molar-refractivity contribution in [2.75, 3.05) is 6.61 Å². The van der Waals surface area contributed by atoms with Gasteiger partial charge in [-0.05, 0) is 29.3 Å². The van der Waals surface area contributed by atoms with Gasteiger partial charge in [-0.15, -0.1) is 6.42 Å². The van der Waals surface area contributed by atoms with Crippen LogP contribution < -0.4 is 0 Å².